The van der Waals surface area contributed by atoms with Crippen molar-refractivity contribution in [1.82, 2.24) is 0 Å². The van der Waals surface area contributed by atoms with Gasteiger partial charge in [-0.25, -0.2) is 4.79 Å². The van der Waals surface area contributed by atoms with Gasteiger partial charge in [-0.1, -0.05) is 25.1 Å². The third kappa shape index (κ3) is 3.57. The smallest absolute Gasteiger partial charge is 0.338 e. The van der Waals surface area contributed by atoms with Crippen LogP contribution in [-0.4, -0.2) is 26.8 Å². The number of hydrogen-bond donors (Lipinski definition) is 1. The average Bonchev–Trinajstić information content (AvgIpc) is 3.26. The van der Waals surface area contributed by atoms with E-state index in [-0.39, 0.29) is 17.9 Å². The maximum atomic E-state index is 12.3. The van der Waals surface area contributed by atoms with Crippen LogP contribution >= 0.6 is 0 Å². The van der Waals surface area contributed by atoms with E-state index in [0.29, 0.717) is 18.1 Å². The first-order valence-corrected chi connectivity index (χ1v) is 10.1. The van der Waals surface area contributed by atoms with Gasteiger partial charge >= 0.3 is 5.97 Å². The summed E-state index contributed by atoms with van der Waals surface area (Å²) in [6, 6.07) is 12.1. The number of nitrogens with one attached hydrogen (secondary N) is 1. The summed E-state index contributed by atoms with van der Waals surface area (Å²) in [4.78, 5) is 12.3. The minimum atomic E-state index is -0.254. The summed E-state index contributed by atoms with van der Waals surface area (Å²) in [5.41, 5.74) is 4.00. The number of esters is 1. The second-order valence-corrected chi connectivity index (χ2v) is 7.53. The van der Waals surface area contributed by atoms with Crippen LogP contribution in [0.15, 0.2) is 48.6 Å². The molecular weight excluding hydrogens is 366 g/mol. The zero-order valence-electron chi connectivity index (χ0n) is 17.1. The predicted molar refractivity (Wildman–Crippen MR) is 113 cm³/mol. The van der Waals surface area contributed by atoms with Crippen molar-refractivity contribution in [2.45, 2.75) is 31.7 Å². The van der Waals surface area contributed by atoms with Crippen LogP contribution in [0.25, 0.3) is 0 Å². The van der Waals surface area contributed by atoms with Crippen LogP contribution in [-0.2, 0) is 4.74 Å². The number of benzene rings is 2. The van der Waals surface area contributed by atoms with E-state index in [9.17, 15) is 4.79 Å². The van der Waals surface area contributed by atoms with Gasteiger partial charge in [0, 0.05) is 11.6 Å². The van der Waals surface area contributed by atoms with Crippen molar-refractivity contribution in [2.24, 2.45) is 5.92 Å². The van der Waals surface area contributed by atoms with Gasteiger partial charge in [-0.15, -0.1) is 0 Å². The Hall–Kier alpha value is -2.95. The van der Waals surface area contributed by atoms with Crippen molar-refractivity contribution in [2.75, 3.05) is 26.1 Å². The van der Waals surface area contributed by atoms with Gasteiger partial charge in [-0.3, -0.25) is 0 Å². The number of carbonyl (C=O) groups excluding carboxylic acids is 1. The van der Waals surface area contributed by atoms with Gasteiger partial charge in [0.2, 0.25) is 0 Å². The first-order chi connectivity index (χ1) is 14.2. The SMILES string of the molecule is CCCOC(=O)c1ccc2c(c1)C1C=CCC1C(c1ccc(OC)c(OC)c1)N2. The minimum absolute atomic E-state index is 0.153. The fourth-order valence-corrected chi connectivity index (χ4v) is 4.38. The van der Waals surface area contributed by atoms with E-state index in [1.165, 1.54) is 5.56 Å². The quantitative estimate of drug-likeness (QED) is 0.547. The molecule has 0 radical (unpaired) electrons. The van der Waals surface area contributed by atoms with Gasteiger partial charge in [0.25, 0.3) is 0 Å². The summed E-state index contributed by atoms with van der Waals surface area (Å²) < 4.78 is 16.2. The summed E-state index contributed by atoms with van der Waals surface area (Å²) in [5, 5.41) is 3.69. The Morgan fingerprint density at radius 3 is 2.69 bits per heavy atom. The molecule has 0 saturated carbocycles. The predicted octanol–water partition coefficient (Wildman–Crippen LogP) is 5.10. The third-order valence-electron chi connectivity index (χ3n) is 5.80. The van der Waals surface area contributed by atoms with E-state index in [1.807, 2.05) is 37.3 Å². The minimum Gasteiger partial charge on any atom is -0.493 e. The van der Waals surface area contributed by atoms with Crippen LogP contribution in [0.4, 0.5) is 5.69 Å². The van der Waals surface area contributed by atoms with Gasteiger partial charge in [0.05, 0.1) is 32.4 Å². The van der Waals surface area contributed by atoms with Crippen molar-refractivity contribution in [3.8, 4) is 11.5 Å². The fraction of sp³-hybridized carbons (Fsp3) is 0.375. The van der Waals surface area contributed by atoms with Gasteiger partial charge in [-0.05, 0) is 60.2 Å². The maximum Gasteiger partial charge on any atom is 0.338 e. The van der Waals surface area contributed by atoms with Crippen molar-refractivity contribution in [3.05, 3.63) is 65.2 Å². The number of rotatable bonds is 6. The number of methoxy groups -OCH3 is 2. The van der Waals surface area contributed by atoms with Gasteiger partial charge in [0.15, 0.2) is 11.5 Å². The Bertz CT molecular complexity index is 936. The maximum absolute atomic E-state index is 12.3. The van der Waals surface area contributed by atoms with E-state index >= 15 is 0 Å². The van der Waals surface area contributed by atoms with E-state index in [4.69, 9.17) is 14.2 Å². The molecule has 0 fully saturated rings. The third-order valence-corrected chi connectivity index (χ3v) is 5.80. The van der Waals surface area contributed by atoms with Crippen molar-refractivity contribution in [3.63, 3.8) is 0 Å². The van der Waals surface area contributed by atoms with Gasteiger partial charge < -0.3 is 19.5 Å². The second kappa shape index (κ2) is 8.19. The first kappa shape index (κ1) is 19.4. The lowest BCUT2D eigenvalue weighted by Crippen LogP contribution is -2.29. The molecule has 1 heterocycles. The van der Waals surface area contributed by atoms with Crippen LogP contribution in [0.1, 0.15) is 53.2 Å². The zero-order chi connectivity index (χ0) is 20.4. The number of hydrogen-bond acceptors (Lipinski definition) is 5. The van der Waals surface area contributed by atoms with Crippen molar-refractivity contribution >= 4 is 11.7 Å². The largest absolute Gasteiger partial charge is 0.493 e. The Morgan fingerprint density at radius 2 is 1.93 bits per heavy atom. The molecule has 1 aliphatic carbocycles. The molecule has 5 heteroatoms. The molecule has 29 heavy (non-hydrogen) atoms. The molecular formula is C24H27NO4. The first-order valence-electron chi connectivity index (χ1n) is 10.1. The molecule has 5 nitrogen and oxygen atoms in total. The molecule has 0 saturated heterocycles. The average molecular weight is 393 g/mol. The summed E-state index contributed by atoms with van der Waals surface area (Å²) in [6.45, 7) is 2.44. The number of ether oxygens (including phenoxy) is 3. The molecule has 2 aliphatic rings. The van der Waals surface area contributed by atoms with Gasteiger partial charge in [0.1, 0.15) is 0 Å². The zero-order valence-corrected chi connectivity index (χ0v) is 17.1. The molecule has 2 aromatic rings. The topological polar surface area (TPSA) is 56.8 Å². The Labute approximate surface area is 171 Å². The molecule has 4 rings (SSSR count). The molecule has 2 aromatic carbocycles. The van der Waals surface area contributed by atoms with E-state index in [2.05, 4.69) is 23.5 Å². The lowest BCUT2D eigenvalue weighted by Gasteiger charge is -2.37. The number of carbonyl (C=O) groups is 1. The van der Waals surface area contributed by atoms with E-state index < -0.39 is 0 Å². The van der Waals surface area contributed by atoms with Gasteiger partial charge in [-0.2, -0.15) is 0 Å². The fourth-order valence-electron chi connectivity index (χ4n) is 4.38. The highest BCUT2D eigenvalue weighted by Gasteiger charge is 2.38. The number of anilines is 1. The van der Waals surface area contributed by atoms with E-state index in [1.54, 1.807) is 14.2 Å². The standard InChI is InChI=1S/C24H27NO4/c1-4-12-29-24(26)16-8-10-20-19(13-16)17-6-5-7-18(17)23(25-20)15-9-11-21(27-2)22(14-15)28-3/h5-6,8-11,13-14,17-18,23,25H,4,7,12H2,1-3H3. The highest BCUT2D eigenvalue weighted by molar-refractivity contribution is 5.90. The highest BCUT2D eigenvalue weighted by atomic mass is 16.5. The highest BCUT2D eigenvalue weighted by Crippen LogP contribution is 2.50. The summed E-state index contributed by atoms with van der Waals surface area (Å²) >= 11 is 0. The Morgan fingerprint density at radius 1 is 1.10 bits per heavy atom. The number of allylic oxidation sites excluding steroid dienone is 2. The molecule has 152 valence electrons. The monoisotopic (exact) mass is 393 g/mol. The Kier molecular flexibility index (Phi) is 5.47. The van der Waals surface area contributed by atoms with Crippen LogP contribution in [0, 0.1) is 5.92 Å². The molecule has 3 unspecified atom stereocenters. The lowest BCUT2D eigenvalue weighted by atomic mass is 9.76. The number of fused-ring (bicyclic) bond motifs is 3. The second-order valence-electron chi connectivity index (χ2n) is 7.53. The van der Waals surface area contributed by atoms with Crippen molar-refractivity contribution < 1.29 is 19.0 Å². The summed E-state index contributed by atoms with van der Waals surface area (Å²) in [7, 11) is 3.30. The summed E-state index contributed by atoms with van der Waals surface area (Å²) in [5.74, 6) is 1.85. The Balaban J connectivity index is 1.67. The van der Waals surface area contributed by atoms with E-state index in [0.717, 1.165) is 35.6 Å². The van der Waals surface area contributed by atoms with Crippen LogP contribution < -0.4 is 14.8 Å². The molecule has 1 aliphatic heterocycles. The van der Waals surface area contributed by atoms with Crippen LogP contribution in [0.5, 0.6) is 11.5 Å². The molecule has 0 amide bonds. The normalized spacial score (nSPS) is 21.7. The summed E-state index contributed by atoms with van der Waals surface area (Å²) in [6.07, 6.45) is 6.31. The molecule has 0 bridgehead atoms. The molecule has 0 spiro atoms. The molecule has 1 N–H and O–H groups in total. The van der Waals surface area contributed by atoms with Crippen LogP contribution in [0.2, 0.25) is 0 Å². The van der Waals surface area contributed by atoms with Crippen molar-refractivity contribution in [1.29, 1.82) is 0 Å². The lowest BCUT2D eigenvalue weighted by molar-refractivity contribution is 0.0505. The van der Waals surface area contributed by atoms with Crippen LogP contribution in [0.3, 0.4) is 0 Å². The molecule has 3 atom stereocenters. The molecule has 0 aromatic heterocycles.